The minimum absolute atomic E-state index is 0.257. The average molecular weight is 209 g/mol. The minimum atomic E-state index is -1.18. The van der Waals surface area contributed by atoms with Gasteiger partial charge in [0.05, 0.1) is 6.54 Å². The van der Waals surface area contributed by atoms with Gasteiger partial charge in [-0.2, -0.15) is 0 Å². The number of aliphatic carboxylic acids is 1. The van der Waals surface area contributed by atoms with E-state index < -0.39 is 12.1 Å². The Kier molecular flexibility index (Phi) is 2.37. The van der Waals surface area contributed by atoms with Gasteiger partial charge in [0.1, 0.15) is 11.9 Å². The number of benzene rings is 1. The number of carbonyl (C=O) groups is 1. The lowest BCUT2D eigenvalue weighted by Gasteiger charge is -2.09. The monoisotopic (exact) mass is 209 g/mol. The highest BCUT2D eigenvalue weighted by Gasteiger charge is 2.25. The minimum Gasteiger partial charge on any atom is -0.474 e. The van der Waals surface area contributed by atoms with Crippen LogP contribution >= 0.6 is 0 Å². The zero-order valence-corrected chi connectivity index (χ0v) is 7.68. The Labute approximate surface area is 85.0 Å². The lowest BCUT2D eigenvalue weighted by molar-refractivity contribution is -0.131. The Morgan fingerprint density at radius 1 is 1.47 bits per heavy atom. The molecule has 0 saturated carbocycles. The normalized spacial score (nSPS) is 19.5. The van der Waals surface area contributed by atoms with Crippen LogP contribution in [0.4, 0.5) is 4.39 Å². The molecule has 1 atom stereocenters. The van der Waals surface area contributed by atoms with Crippen LogP contribution in [-0.4, -0.2) is 23.5 Å². The van der Waals surface area contributed by atoms with Crippen LogP contribution in [0.15, 0.2) is 29.3 Å². The van der Waals surface area contributed by atoms with Crippen LogP contribution in [0.2, 0.25) is 0 Å². The molecule has 5 heteroatoms. The number of hydrogen-bond acceptors (Lipinski definition) is 3. The summed E-state index contributed by atoms with van der Waals surface area (Å²) in [5.74, 6) is -1.81. The Hall–Kier alpha value is -1.91. The maximum absolute atomic E-state index is 12.6. The summed E-state index contributed by atoms with van der Waals surface area (Å²) >= 11 is 0. The summed E-state index contributed by atoms with van der Waals surface area (Å²) in [5.41, 5.74) is 0.719. The van der Waals surface area contributed by atoms with E-state index in [0.29, 0.717) is 0 Å². The number of rotatable bonds is 2. The third-order valence-electron chi connectivity index (χ3n) is 2.08. The van der Waals surface area contributed by atoms with Crippen molar-refractivity contribution in [1.29, 1.82) is 0 Å². The number of carboxylic acid groups (broad SMARTS) is 1. The molecule has 1 N–H and O–H groups in total. The van der Waals surface area contributed by atoms with Crippen molar-refractivity contribution in [3.8, 4) is 0 Å². The molecular formula is C10H8FNO3. The number of nitrogens with zero attached hydrogens (tertiary/aromatic N) is 1. The molecule has 0 saturated heterocycles. The molecular weight excluding hydrogens is 201 g/mol. The molecule has 1 aromatic rings. The molecule has 0 bridgehead atoms. The molecule has 0 spiro atoms. The standard InChI is InChI=1S/C10H8FNO3/c11-7-3-1-6(2-4-7)8-5-12-9(15-8)10(13)14/h1-4,8H,5H2,(H,13,14). The van der Waals surface area contributed by atoms with Crippen molar-refractivity contribution < 1.29 is 19.0 Å². The van der Waals surface area contributed by atoms with Gasteiger partial charge in [-0.15, -0.1) is 0 Å². The van der Waals surface area contributed by atoms with Gasteiger partial charge >= 0.3 is 5.97 Å². The first-order valence-corrected chi connectivity index (χ1v) is 4.36. The van der Waals surface area contributed by atoms with E-state index in [1.165, 1.54) is 12.1 Å². The summed E-state index contributed by atoms with van der Waals surface area (Å²) in [6, 6.07) is 5.72. The van der Waals surface area contributed by atoms with Crippen molar-refractivity contribution in [2.75, 3.05) is 6.54 Å². The van der Waals surface area contributed by atoms with Crippen LogP contribution in [0.5, 0.6) is 0 Å². The lowest BCUT2D eigenvalue weighted by atomic mass is 10.1. The van der Waals surface area contributed by atoms with E-state index in [1.54, 1.807) is 12.1 Å². The van der Waals surface area contributed by atoms with Crippen LogP contribution in [-0.2, 0) is 9.53 Å². The van der Waals surface area contributed by atoms with E-state index in [2.05, 4.69) is 4.99 Å². The molecule has 0 amide bonds. The highest BCUT2D eigenvalue weighted by atomic mass is 19.1. The molecule has 4 nitrogen and oxygen atoms in total. The van der Waals surface area contributed by atoms with Crippen molar-refractivity contribution in [3.63, 3.8) is 0 Å². The predicted molar refractivity (Wildman–Crippen MR) is 50.2 cm³/mol. The summed E-state index contributed by atoms with van der Waals surface area (Å²) in [5, 5.41) is 8.61. The first kappa shape index (κ1) is 9.64. The second kappa shape index (κ2) is 3.68. The molecule has 15 heavy (non-hydrogen) atoms. The van der Waals surface area contributed by atoms with Crippen LogP contribution < -0.4 is 0 Å². The molecule has 1 heterocycles. The molecule has 1 unspecified atom stereocenters. The van der Waals surface area contributed by atoms with Gasteiger partial charge in [-0.1, -0.05) is 12.1 Å². The molecule has 1 aromatic carbocycles. The van der Waals surface area contributed by atoms with Crippen LogP contribution in [0.25, 0.3) is 0 Å². The SMILES string of the molecule is O=C(O)C1=NCC(c2ccc(F)cc2)O1. The Morgan fingerprint density at radius 2 is 2.13 bits per heavy atom. The van der Waals surface area contributed by atoms with Gasteiger partial charge in [0.25, 0.3) is 5.90 Å². The molecule has 2 rings (SSSR count). The molecule has 0 aromatic heterocycles. The average Bonchev–Trinajstić information content (AvgIpc) is 2.68. The lowest BCUT2D eigenvalue weighted by Crippen LogP contribution is -2.14. The number of carboxylic acids is 1. The van der Waals surface area contributed by atoms with Crippen molar-refractivity contribution in [2.24, 2.45) is 4.99 Å². The zero-order valence-electron chi connectivity index (χ0n) is 7.68. The molecule has 0 aliphatic carbocycles. The molecule has 1 aliphatic heterocycles. The van der Waals surface area contributed by atoms with Gasteiger partial charge < -0.3 is 9.84 Å². The van der Waals surface area contributed by atoms with E-state index >= 15 is 0 Å². The highest BCUT2D eigenvalue weighted by molar-refractivity contribution is 6.32. The highest BCUT2D eigenvalue weighted by Crippen LogP contribution is 2.22. The quantitative estimate of drug-likeness (QED) is 0.800. The Morgan fingerprint density at radius 3 is 2.67 bits per heavy atom. The van der Waals surface area contributed by atoms with Crippen LogP contribution in [0.3, 0.4) is 0 Å². The van der Waals surface area contributed by atoms with Gasteiger partial charge in [-0.05, 0) is 17.7 Å². The summed E-state index contributed by atoms with van der Waals surface area (Å²) < 4.78 is 17.7. The largest absolute Gasteiger partial charge is 0.474 e. The van der Waals surface area contributed by atoms with Crippen molar-refractivity contribution in [2.45, 2.75) is 6.10 Å². The summed E-state index contributed by atoms with van der Waals surface area (Å²) in [6.07, 6.45) is -0.420. The van der Waals surface area contributed by atoms with Crippen molar-refractivity contribution >= 4 is 11.9 Å². The van der Waals surface area contributed by atoms with Crippen LogP contribution in [0.1, 0.15) is 11.7 Å². The summed E-state index contributed by atoms with van der Waals surface area (Å²) in [6.45, 7) is 0.257. The van der Waals surface area contributed by atoms with E-state index in [1.807, 2.05) is 0 Å². The topological polar surface area (TPSA) is 58.9 Å². The van der Waals surface area contributed by atoms with Crippen molar-refractivity contribution in [3.05, 3.63) is 35.6 Å². The second-order valence-electron chi connectivity index (χ2n) is 3.11. The summed E-state index contributed by atoms with van der Waals surface area (Å²) in [7, 11) is 0. The fraction of sp³-hybridized carbons (Fsp3) is 0.200. The molecule has 0 radical (unpaired) electrons. The van der Waals surface area contributed by atoms with Crippen LogP contribution in [0, 0.1) is 5.82 Å². The van der Waals surface area contributed by atoms with Gasteiger partial charge in [0.2, 0.25) is 0 Å². The van der Waals surface area contributed by atoms with E-state index in [4.69, 9.17) is 9.84 Å². The van der Waals surface area contributed by atoms with E-state index in [9.17, 15) is 9.18 Å². The first-order chi connectivity index (χ1) is 7.16. The maximum atomic E-state index is 12.6. The smallest absolute Gasteiger partial charge is 0.391 e. The first-order valence-electron chi connectivity index (χ1n) is 4.36. The molecule has 0 fully saturated rings. The van der Waals surface area contributed by atoms with Gasteiger partial charge in [0, 0.05) is 0 Å². The molecule has 1 aliphatic rings. The fourth-order valence-electron chi connectivity index (χ4n) is 1.34. The third kappa shape index (κ3) is 1.96. The number of hydrogen-bond donors (Lipinski definition) is 1. The number of aliphatic imine (C=N–C) groups is 1. The second-order valence-corrected chi connectivity index (χ2v) is 3.11. The van der Waals surface area contributed by atoms with Gasteiger partial charge in [-0.25, -0.2) is 14.2 Å². The van der Waals surface area contributed by atoms with Gasteiger partial charge in [-0.3, -0.25) is 0 Å². The Balaban J connectivity index is 2.10. The maximum Gasteiger partial charge on any atom is 0.391 e. The molecule has 78 valence electrons. The van der Waals surface area contributed by atoms with E-state index in [0.717, 1.165) is 5.56 Å². The fourth-order valence-corrected chi connectivity index (χ4v) is 1.34. The zero-order chi connectivity index (χ0) is 10.8. The van der Waals surface area contributed by atoms with E-state index in [-0.39, 0.29) is 18.3 Å². The third-order valence-corrected chi connectivity index (χ3v) is 2.08. The predicted octanol–water partition coefficient (Wildman–Crippen LogP) is 1.38. The van der Waals surface area contributed by atoms with Gasteiger partial charge in [0.15, 0.2) is 0 Å². The number of ether oxygens (including phenoxy) is 1. The summed E-state index contributed by atoms with van der Waals surface area (Å²) in [4.78, 5) is 14.2. The number of halogens is 1. The van der Waals surface area contributed by atoms with Crippen molar-refractivity contribution in [1.82, 2.24) is 0 Å². The Bertz CT molecular complexity index is 413.